The number of benzene rings is 1. The maximum absolute atomic E-state index is 14.0. The van der Waals surface area contributed by atoms with Crippen LogP contribution in [-0.4, -0.2) is 65.5 Å². The van der Waals surface area contributed by atoms with Crippen molar-refractivity contribution in [3.8, 4) is 11.1 Å². The Morgan fingerprint density at radius 2 is 1.97 bits per heavy atom. The Balaban J connectivity index is 1.15. The minimum Gasteiger partial charge on any atom is -0.342 e. The maximum atomic E-state index is 14.0. The molecule has 2 aliphatic rings. The van der Waals surface area contributed by atoms with Gasteiger partial charge < -0.3 is 19.7 Å². The number of nitrogens with one attached hydrogen (secondary N) is 2. The number of rotatable bonds is 5. The maximum Gasteiger partial charge on any atom is 0.270 e. The number of anilines is 3. The molecule has 6 heterocycles. The van der Waals surface area contributed by atoms with E-state index >= 15 is 0 Å². The highest BCUT2D eigenvalue weighted by atomic mass is 19.1. The first-order valence-corrected chi connectivity index (χ1v) is 13.0. The third-order valence-corrected chi connectivity index (χ3v) is 7.63. The molecule has 0 saturated carbocycles. The van der Waals surface area contributed by atoms with Crippen LogP contribution in [0, 0.1) is 0 Å². The number of carbonyl (C=O) groups excluding carboxylic acids is 1. The van der Waals surface area contributed by atoms with E-state index in [-0.39, 0.29) is 19.0 Å². The predicted octanol–water partition coefficient (Wildman–Crippen LogP) is 3.95. The molecular weight excluding hydrogens is 497 g/mol. The van der Waals surface area contributed by atoms with E-state index in [0.717, 1.165) is 46.6 Å². The molecule has 0 atom stereocenters. The number of carbonyl (C=O) groups is 1. The van der Waals surface area contributed by atoms with Crippen molar-refractivity contribution < 1.29 is 9.18 Å². The summed E-state index contributed by atoms with van der Waals surface area (Å²) in [5.41, 5.74) is 5.38. The van der Waals surface area contributed by atoms with Gasteiger partial charge in [-0.2, -0.15) is 10.1 Å². The molecule has 10 nitrogen and oxygen atoms in total. The van der Waals surface area contributed by atoms with E-state index in [1.807, 2.05) is 71.0 Å². The van der Waals surface area contributed by atoms with Gasteiger partial charge in [0.1, 0.15) is 16.9 Å². The van der Waals surface area contributed by atoms with Crippen LogP contribution in [-0.2, 0) is 20.0 Å². The molecule has 198 valence electrons. The van der Waals surface area contributed by atoms with Crippen LogP contribution in [0.3, 0.4) is 0 Å². The molecule has 11 heteroatoms. The number of hydrogen-bond acceptors (Lipinski definition) is 6. The van der Waals surface area contributed by atoms with Crippen LogP contribution < -0.4 is 10.2 Å². The Hall–Kier alpha value is -4.67. The molecule has 1 fully saturated rings. The molecule has 0 bridgehead atoms. The largest absolute Gasteiger partial charge is 0.342 e. The summed E-state index contributed by atoms with van der Waals surface area (Å²) in [5.74, 6) is 1.19. The van der Waals surface area contributed by atoms with Crippen molar-refractivity contribution in [1.82, 2.24) is 34.3 Å². The van der Waals surface area contributed by atoms with E-state index < -0.39 is 5.67 Å². The molecule has 7 rings (SSSR count). The first kappa shape index (κ1) is 23.4. The highest BCUT2D eigenvalue weighted by Gasteiger charge is 2.42. The summed E-state index contributed by atoms with van der Waals surface area (Å²) in [6.45, 7) is 3.11. The Bertz CT molecular complexity index is 1680. The number of fused-ring (bicyclic) bond motifs is 2. The molecule has 0 aliphatic carbocycles. The van der Waals surface area contributed by atoms with Gasteiger partial charge in [-0.15, -0.1) is 5.10 Å². The number of amides is 1. The monoisotopic (exact) mass is 525 g/mol. The fraction of sp³-hybridized carbons (Fsp3) is 0.286. The molecule has 1 amide bonds. The lowest BCUT2D eigenvalue weighted by atomic mass is 9.98. The second-order valence-corrected chi connectivity index (χ2v) is 10.6. The van der Waals surface area contributed by atoms with Crippen molar-refractivity contribution in [3.05, 3.63) is 78.0 Å². The van der Waals surface area contributed by atoms with E-state index in [1.54, 1.807) is 11.1 Å². The number of halogens is 1. The van der Waals surface area contributed by atoms with E-state index in [2.05, 4.69) is 20.4 Å². The van der Waals surface area contributed by atoms with Crippen molar-refractivity contribution in [1.29, 1.82) is 0 Å². The van der Waals surface area contributed by atoms with Crippen molar-refractivity contribution in [2.75, 3.05) is 29.9 Å². The Kier molecular flexibility index (Phi) is 5.22. The lowest BCUT2D eigenvalue weighted by Gasteiger charge is -2.42. The summed E-state index contributed by atoms with van der Waals surface area (Å²) in [6.07, 6.45) is 6.34. The first-order chi connectivity index (χ1) is 18.8. The van der Waals surface area contributed by atoms with E-state index in [4.69, 9.17) is 10.1 Å². The normalized spacial score (nSPS) is 16.3. The standard InChI is InChI=1S/C28H28FN9O/c1-28(29)16-37(17-28)26(39)23-12-19-9-11-36(15-24(19)35(23)2)27-33-25(22-4-3-10-38(22)34-27)32-21-7-5-18(6-8-21)20-13-30-31-14-20/h3-8,10,12-14H,9,11,15-17H2,1-2H3,(H,30,31)(H,32,33,34). The van der Waals surface area contributed by atoms with Gasteiger partial charge in [-0.25, -0.2) is 8.91 Å². The summed E-state index contributed by atoms with van der Waals surface area (Å²) in [4.78, 5) is 21.6. The average molecular weight is 526 g/mol. The van der Waals surface area contributed by atoms with Crippen LogP contribution in [0.15, 0.2) is 61.1 Å². The number of aromatic amines is 1. The van der Waals surface area contributed by atoms with Gasteiger partial charge in [-0.05, 0) is 54.8 Å². The zero-order valence-corrected chi connectivity index (χ0v) is 21.7. The predicted molar refractivity (Wildman–Crippen MR) is 146 cm³/mol. The zero-order chi connectivity index (χ0) is 26.7. The lowest BCUT2D eigenvalue weighted by Crippen LogP contribution is -2.59. The van der Waals surface area contributed by atoms with Gasteiger partial charge in [-0.1, -0.05) is 12.1 Å². The fourth-order valence-electron chi connectivity index (χ4n) is 5.52. The van der Waals surface area contributed by atoms with Gasteiger partial charge in [0, 0.05) is 42.9 Å². The van der Waals surface area contributed by atoms with Crippen molar-refractivity contribution in [2.45, 2.75) is 25.6 Å². The van der Waals surface area contributed by atoms with Crippen molar-refractivity contribution in [2.24, 2.45) is 7.05 Å². The zero-order valence-electron chi connectivity index (χ0n) is 21.7. The number of H-pyrrole nitrogens is 1. The molecule has 2 N–H and O–H groups in total. The van der Waals surface area contributed by atoms with Crippen LogP contribution in [0.5, 0.6) is 0 Å². The number of nitrogens with zero attached hydrogens (tertiary/aromatic N) is 7. The van der Waals surface area contributed by atoms with E-state index in [9.17, 15) is 9.18 Å². The van der Waals surface area contributed by atoms with Crippen molar-refractivity contribution in [3.63, 3.8) is 0 Å². The van der Waals surface area contributed by atoms with Crippen LogP contribution in [0.1, 0.15) is 28.7 Å². The molecule has 1 aromatic carbocycles. The lowest BCUT2D eigenvalue weighted by molar-refractivity contribution is -0.00847. The van der Waals surface area contributed by atoms with Crippen molar-refractivity contribution >= 4 is 28.9 Å². The highest BCUT2D eigenvalue weighted by molar-refractivity contribution is 5.94. The van der Waals surface area contributed by atoms with Gasteiger partial charge in [0.25, 0.3) is 5.91 Å². The van der Waals surface area contributed by atoms with E-state index in [1.165, 1.54) is 6.92 Å². The van der Waals surface area contributed by atoms with Gasteiger partial charge >= 0.3 is 0 Å². The summed E-state index contributed by atoms with van der Waals surface area (Å²) >= 11 is 0. The Morgan fingerprint density at radius 1 is 1.15 bits per heavy atom. The molecule has 0 unspecified atom stereocenters. The van der Waals surface area contributed by atoms with Gasteiger partial charge in [0.15, 0.2) is 5.82 Å². The molecule has 4 aromatic heterocycles. The second kappa shape index (κ2) is 8.69. The van der Waals surface area contributed by atoms with E-state index in [0.29, 0.717) is 24.0 Å². The molecule has 0 radical (unpaired) electrons. The second-order valence-electron chi connectivity index (χ2n) is 10.6. The minimum atomic E-state index is -1.29. The number of likely N-dealkylation sites (tertiary alicyclic amines) is 1. The van der Waals surface area contributed by atoms with Crippen LogP contribution >= 0.6 is 0 Å². The Labute approximate surface area is 224 Å². The summed E-state index contributed by atoms with van der Waals surface area (Å²) in [6, 6.07) is 14.0. The first-order valence-electron chi connectivity index (χ1n) is 13.0. The smallest absolute Gasteiger partial charge is 0.270 e. The van der Waals surface area contributed by atoms with Gasteiger partial charge in [0.05, 0.1) is 25.8 Å². The highest BCUT2D eigenvalue weighted by Crippen LogP contribution is 2.31. The number of hydrogen-bond donors (Lipinski definition) is 2. The molecule has 5 aromatic rings. The Morgan fingerprint density at radius 3 is 2.72 bits per heavy atom. The topological polar surface area (TPSA) is 99.4 Å². The quantitative estimate of drug-likeness (QED) is 0.361. The molecular formula is C28H28FN9O. The number of aromatic nitrogens is 6. The molecule has 39 heavy (non-hydrogen) atoms. The van der Waals surface area contributed by atoms with Crippen LogP contribution in [0.25, 0.3) is 16.6 Å². The van der Waals surface area contributed by atoms with Gasteiger partial charge in [-0.3, -0.25) is 9.89 Å². The molecule has 1 saturated heterocycles. The SMILES string of the molecule is Cn1c(C(=O)N2CC(C)(F)C2)cc2c1CN(c1nc(Nc3ccc(-c4cn[nH]c4)cc3)c3cccn3n1)CC2. The molecule has 2 aliphatic heterocycles. The minimum absolute atomic E-state index is 0.121. The fourth-order valence-corrected chi connectivity index (χ4v) is 5.52. The molecule has 0 spiro atoms. The summed E-state index contributed by atoms with van der Waals surface area (Å²) < 4.78 is 17.8. The van der Waals surface area contributed by atoms with Crippen LogP contribution in [0.2, 0.25) is 0 Å². The summed E-state index contributed by atoms with van der Waals surface area (Å²) in [7, 11) is 1.90. The number of alkyl halides is 1. The third-order valence-electron chi connectivity index (χ3n) is 7.63. The summed E-state index contributed by atoms with van der Waals surface area (Å²) in [5, 5.41) is 15.1. The van der Waals surface area contributed by atoms with Crippen LogP contribution in [0.4, 0.5) is 21.8 Å². The average Bonchev–Trinajstić information content (AvgIpc) is 3.68. The third kappa shape index (κ3) is 4.10. The van der Waals surface area contributed by atoms with Gasteiger partial charge in [0.2, 0.25) is 5.95 Å².